The maximum absolute atomic E-state index is 10.9. The minimum atomic E-state index is -0.513. The number of hydrogen-bond donors (Lipinski definition) is 2. The summed E-state index contributed by atoms with van der Waals surface area (Å²) in [7, 11) is 0. The second-order valence-corrected chi connectivity index (χ2v) is 4.02. The summed E-state index contributed by atoms with van der Waals surface area (Å²) in [5.74, 6) is 6.54. The van der Waals surface area contributed by atoms with Crippen molar-refractivity contribution in [2.24, 2.45) is 5.84 Å². The van der Waals surface area contributed by atoms with Crippen molar-refractivity contribution in [2.75, 3.05) is 5.43 Å². The van der Waals surface area contributed by atoms with E-state index in [1.807, 2.05) is 0 Å². The Bertz CT molecular complexity index is 660. The number of rotatable bonds is 4. The smallest absolute Gasteiger partial charge is 0.311 e. The summed E-state index contributed by atoms with van der Waals surface area (Å²) in [6, 6.07) is 6.08. The number of benzene rings is 1. The average molecular weight is 275 g/mol. The van der Waals surface area contributed by atoms with Crippen molar-refractivity contribution >= 4 is 11.5 Å². The summed E-state index contributed by atoms with van der Waals surface area (Å²) < 4.78 is 5.54. The lowest BCUT2D eigenvalue weighted by molar-refractivity contribution is -0.385. The number of nitrogens with two attached hydrogens (primary N) is 1. The van der Waals surface area contributed by atoms with Gasteiger partial charge in [0.05, 0.1) is 10.5 Å². The highest BCUT2D eigenvalue weighted by molar-refractivity contribution is 5.52. The van der Waals surface area contributed by atoms with Gasteiger partial charge in [0, 0.05) is 6.07 Å². The zero-order chi connectivity index (χ0) is 14.7. The molecule has 0 unspecified atom stereocenters. The predicted octanol–water partition coefficient (Wildman–Crippen LogP) is 2.08. The largest absolute Gasteiger partial charge is 0.431 e. The van der Waals surface area contributed by atoms with E-state index in [0.29, 0.717) is 17.2 Å². The molecule has 0 atom stereocenters. The van der Waals surface area contributed by atoms with Gasteiger partial charge >= 0.3 is 5.69 Å². The van der Waals surface area contributed by atoms with Gasteiger partial charge in [-0.15, -0.1) is 0 Å². The maximum atomic E-state index is 10.9. The van der Waals surface area contributed by atoms with Crippen molar-refractivity contribution in [1.82, 2.24) is 9.97 Å². The first kappa shape index (κ1) is 13.7. The lowest BCUT2D eigenvalue weighted by Gasteiger charge is -2.11. The average Bonchev–Trinajstić information content (AvgIpc) is 2.42. The highest BCUT2D eigenvalue weighted by Gasteiger charge is 2.17. The third kappa shape index (κ3) is 2.64. The normalized spacial score (nSPS) is 10.2. The molecular formula is C12H13N5O3. The third-order valence-corrected chi connectivity index (χ3v) is 2.62. The van der Waals surface area contributed by atoms with Crippen LogP contribution in [0.15, 0.2) is 24.3 Å². The number of nitrogens with zero attached hydrogens (tertiary/aromatic N) is 3. The van der Waals surface area contributed by atoms with Crippen LogP contribution < -0.4 is 16.0 Å². The molecule has 1 aromatic heterocycles. The van der Waals surface area contributed by atoms with Crippen LogP contribution in [0.5, 0.6) is 11.6 Å². The van der Waals surface area contributed by atoms with Crippen LogP contribution in [0, 0.1) is 24.0 Å². The third-order valence-electron chi connectivity index (χ3n) is 2.62. The molecule has 0 radical (unpaired) electrons. The molecule has 1 heterocycles. The number of aromatic nitrogens is 2. The molecular weight excluding hydrogens is 262 g/mol. The molecule has 0 amide bonds. The molecule has 0 aliphatic carbocycles. The first-order valence-corrected chi connectivity index (χ1v) is 5.76. The summed E-state index contributed by atoms with van der Waals surface area (Å²) in [5, 5.41) is 10.9. The Morgan fingerprint density at radius 1 is 1.30 bits per heavy atom. The Balaban J connectivity index is 2.45. The van der Waals surface area contributed by atoms with Crippen LogP contribution in [0.3, 0.4) is 0 Å². The number of aryl methyl sites for hydroxylation is 1. The molecule has 0 bridgehead atoms. The van der Waals surface area contributed by atoms with E-state index in [9.17, 15) is 10.1 Å². The van der Waals surface area contributed by atoms with Crippen LogP contribution in [0.2, 0.25) is 0 Å². The predicted molar refractivity (Wildman–Crippen MR) is 72.5 cm³/mol. The molecule has 104 valence electrons. The summed E-state index contributed by atoms with van der Waals surface area (Å²) in [6.07, 6.45) is 0. The number of anilines is 1. The minimum Gasteiger partial charge on any atom is -0.431 e. The fourth-order valence-corrected chi connectivity index (χ4v) is 1.64. The van der Waals surface area contributed by atoms with Gasteiger partial charge in [0.25, 0.3) is 0 Å². The second kappa shape index (κ2) is 5.49. The van der Waals surface area contributed by atoms with Gasteiger partial charge in [-0.25, -0.2) is 10.8 Å². The van der Waals surface area contributed by atoms with Crippen molar-refractivity contribution in [3.63, 3.8) is 0 Å². The monoisotopic (exact) mass is 275 g/mol. The van der Waals surface area contributed by atoms with Gasteiger partial charge in [-0.3, -0.25) is 10.1 Å². The maximum Gasteiger partial charge on any atom is 0.311 e. The molecule has 0 aliphatic rings. The van der Waals surface area contributed by atoms with E-state index in [1.165, 1.54) is 12.1 Å². The number of para-hydroxylation sites is 2. The number of nitro benzene ring substituents is 1. The molecule has 0 fully saturated rings. The molecule has 2 rings (SSSR count). The van der Waals surface area contributed by atoms with Crippen LogP contribution in [0.1, 0.15) is 11.4 Å². The van der Waals surface area contributed by atoms with Crippen LogP contribution in [0.4, 0.5) is 11.5 Å². The summed E-state index contributed by atoms with van der Waals surface area (Å²) in [4.78, 5) is 18.6. The molecule has 20 heavy (non-hydrogen) atoms. The standard InChI is InChI=1S/C12H13N5O3/c1-7-11(16-13)14-8(2)15-12(7)20-10-6-4-3-5-9(10)17(18)19/h3-6H,13H2,1-2H3,(H,14,15,16). The molecule has 8 nitrogen and oxygen atoms in total. The number of hydrazine groups is 1. The van der Waals surface area contributed by atoms with Crippen molar-refractivity contribution in [3.05, 3.63) is 45.8 Å². The Labute approximate surface area is 114 Å². The van der Waals surface area contributed by atoms with Crippen LogP contribution >= 0.6 is 0 Å². The Kier molecular flexibility index (Phi) is 3.76. The van der Waals surface area contributed by atoms with Crippen molar-refractivity contribution < 1.29 is 9.66 Å². The van der Waals surface area contributed by atoms with Gasteiger partial charge < -0.3 is 10.2 Å². The summed E-state index contributed by atoms with van der Waals surface area (Å²) >= 11 is 0. The molecule has 0 saturated heterocycles. The Morgan fingerprint density at radius 3 is 2.65 bits per heavy atom. The number of ether oxygens (including phenoxy) is 1. The fraction of sp³-hybridized carbons (Fsp3) is 0.167. The zero-order valence-corrected chi connectivity index (χ0v) is 11.0. The van der Waals surface area contributed by atoms with Gasteiger partial charge in [-0.05, 0) is 19.9 Å². The van der Waals surface area contributed by atoms with E-state index in [1.54, 1.807) is 26.0 Å². The van der Waals surface area contributed by atoms with Crippen LogP contribution in [-0.4, -0.2) is 14.9 Å². The highest BCUT2D eigenvalue weighted by Crippen LogP contribution is 2.32. The number of nitrogen functional groups attached to an aromatic ring is 1. The fourth-order valence-electron chi connectivity index (χ4n) is 1.64. The molecule has 2 aromatic rings. The molecule has 0 saturated carbocycles. The summed E-state index contributed by atoms with van der Waals surface area (Å²) in [6.45, 7) is 3.38. The summed E-state index contributed by atoms with van der Waals surface area (Å²) in [5.41, 5.74) is 2.87. The topological polar surface area (TPSA) is 116 Å². The first-order chi connectivity index (χ1) is 9.52. The van der Waals surface area contributed by atoms with Crippen molar-refractivity contribution in [1.29, 1.82) is 0 Å². The number of hydrogen-bond acceptors (Lipinski definition) is 7. The van der Waals surface area contributed by atoms with E-state index in [2.05, 4.69) is 15.4 Å². The lowest BCUT2D eigenvalue weighted by Crippen LogP contribution is -2.12. The first-order valence-electron chi connectivity index (χ1n) is 5.76. The Morgan fingerprint density at radius 2 is 2.00 bits per heavy atom. The van der Waals surface area contributed by atoms with Crippen molar-refractivity contribution in [2.45, 2.75) is 13.8 Å². The number of nitro groups is 1. The second-order valence-electron chi connectivity index (χ2n) is 4.02. The molecule has 1 aromatic carbocycles. The van der Waals surface area contributed by atoms with E-state index in [0.717, 1.165) is 0 Å². The van der Waals surface area contributed by atoms with Gasteiger partial charge in [-0.1, -0.05) is 12.1 Å². The molecule has 0 aliphatic heterocycles. The van der Waals surface area contributed by atoms with Crippen molar-refractivity contribution in [3.8, 4) is 11.6 Å². The Hall–Kier alpha value is -2.74. The lowest BCUT2D eigenvalue weighted by atomic mass is 10.3. The number of nitrogens with one attached hydrogen (secondary N) is 1. The van der Waals surface area contributed by atoms with Gasteiger partial charge in [-0.2, -0.15) is 4.98 Å². The quantitative estimate of drug-likeness (QED) is 0.498. The van der Waals surface area contributed by atoms with E-state index in [4.69, 9.17) is 10.6 Å². The van der Waals surface area contributed by atoms with E-state index < -0.39 is 4.92 Å². The minimum absolute atomic E-state index is 0.113. The molecule has 0 spiro atoms. The SMILES string of the molecule is Cc1nc(NN)c(C)c(Oc2ccccc2[N+](=O)[O-])n1. The van der Waals surface area contributed by atoms with Crippen LogP contribution in [-0.2, 0) is 0 Å². The van der Waals surface area contributed by atoms with Gasteiger partial charge in [0.1, 0.15) is 11.6 Å². The van der Waals surface area contributed by atoms with Gasteiger partial charge in [0.2, 0.25) is 11.6 Å². The van der Waals surface area contributed by atoms with Gasteiger partial charge in [0.15, 0.2) is 0 Å². The van der Waals surface area contributed by atoms with E-state index >= 15 is 0 Å². The molecule has 3 N–H and O–H groups in total. The van der Waals surface area contributed by atoms with Crippen LogP contribution in [0.25, 0.3) is 0 Å². The van der Waals surface area contributed by atoms with E-state index in [-0.39, 0.29) is 17.3 Å². The molecule has 8 heteroatoms. The zero-order valence-electron chi connectivity index (χ0n) is 11.0. The highest BCUT2D eigenvalue weighted by atomic mass is 16.6.